The van der Waals surface area contributed by atoms with E-state index in [1.54, 1.807) is 0 Å². The van der Waals surface area contributed by atoms with Crippen LogP contribution in [0, 0.1) is 36.0 Å². The molecule has 160 valence electrons. The van der Waals surface area contributed by atoms with E-state index < -0.39 is 44.0 Å². The number of aliphatic hydroxyl groups excluding tert-OH is 1. The Balaban J connectivity index is 2.64. The largest absolute Gasteiger partial charge is 0.508 e. The summed E-state index contributed by atoms with van der Waals surface area (Å²) < 4.78 is 95.0. The third-order valence-corrected chi connectivity index (χ3v) is 6.07. The van der Waals surface area contributed by atoms with Crippen molar-refractivity contribution in [3.63, 3.8) is 0 Å². The van der Waals surface area contributed by atoms with Crippen LogP contribution in [0.3, 0.4) is 0 Å². The third-order valence-electron chi connectivity index (χ3n) is 4.22. The van der Waals surface area contributed by atoms with E-state index >= 15 is 0 Å². The number of aromatic hydroxyl groups is 1. The Morgan fingerprint density at radius 3 is 1.97 bits per heavy atom. The van der Waals surface area contributed by atoms with E-state index in [0.717, 1.165) is 6.07 Å². The van der Waals surface area contributed by atoms with Crippen molar-refractivity contribution >= 4 is 15.7 Å². The number of phenols is 1. The minimum Gasteiger partial charge on any atom is -0.508 e. The molecule has 2 rings (SSSR count). The van der Waals surface area contributed by atoms with E-state index in [4.69, 9.17) is 5.11 Å². The molecule has 0 bridgehead atoms. The molecule has 0 saturated carbocycles. The van der Waals surface area contributed by atoms with Crippen LogP contribution in [-0.4, -0.2) is 31.8 Å². The summed E-state index contributed by atoms with van der Waals surface area (Å²) >= 11 is 0. The zero-order chi connectivity index (χ0) is 21.9. The van der Waals surface area contributed by atoms with Crippen LogP contribution in [0.1, 0.15) is 24.8 Å². The molecule has 0 spiro atoms. The molecule has 11 heteroatoms. The zero-order valence-corrected chi connectivity index (χ0v) is 16.0. The monoisotopic (exact) mass is 439 g/mol. The fourth-order valence-corrected chi connectivity index (χ4v) is 4.22. The van der Waals surface area contributed by atoms with Crippen molar-refractivity contribution in [2.45, 2.75) is 31.1 Å². The summed E-state index contributed by atoms with van der Waals surface area (Å²) in [5.41, 5.74) is 0.156. The van der Waals surface area contributed by atoms with Crippen LogP contribution in [0.4, 0.5) is 27.6 Å². The molecule has 0 amide bonds. The summed E-state index contributed by atoms with van der Waals surface area (Å²) in [7, 11) is -5.23. The first kappa shape index (κ1) is 22.9. The second-order valence-electron chi connectivity index (χ2n) is 6.23. The van der Waals surface area contributed by atoms with Crippen LogP contribution in [0.5, 0.6) is 5.75 Å². The van der Waals surface area contributed by atoms with Gasteiger partial charge in [0.15, 0.2) is 28.2 Å². The summed E-state index contributed by atoms with van der Waals surface area (Å²) in [5, 5.41) is 18.7. The number of phenolic OH excluding ortho intramolecular Hbond substituents is 1. The first-order valence-corrected chi connectivity index (χ1v) is 9.92. The number of aliphatic hydroxyl groups is 1. The minimum atomic E-state index is -5.23. The number of sulfonamides is 1. The average molecular weight is 439 g/mol. The summed E-state index contributed by atoms with van der Waals surface area (Å²) in [4.78, 5) is -1.98. The van der Waals surface area contributed by atoms with E-state index in [9.17, 15) is 35.5 Å². The highest BCUT2D eigenvalue weighted by molar-refractivity contribution is 7.92. The van der Waals surface area contributed by atoms with Crippen LogP contribution in [0.15, 0.2) is 23.1 Å². The predicted octanol–water partition coefficient (Wildman–Crippen LogP) is 3.75. The molecule has 2 aromatic carbocycles. The second-order valence-corrected chi connectivity index (χ2v) is 8.03. The fourth-order valence-electron chi connectivity index (χ4n) is 2.61. The highest BCUT2D eigenvalue weighted by atomic mass is 32.2. The smallest absolute Gasteiger partial charge is 0.270 e. The number of anilines is 1. The quantitative estimate of drug-likeness (QED) is 0.284. The molecule has 2 N–H and O–H groups in total. The Labute approximate surface area is 164 Å². The molecule has 2 aromatic rings. The lowest BCUT2D eigenvalue weighted by atomic mass is 10.2. The second kappa shape index (κ2) is 8.95. The van der Waals surface area contributed by atoms with E-state index in [0.29, 0.717) is 22.7 Å². The standard InChI is InChI=1S/C18H18F5NO4S/c1-10-5-6-11(9-12(10)26)24(7-3-2-4-8-25)29(27,28)18-16(22)14(20)13(19)15(21)17(18)23/h5-6,9,25-26H,2-4,7-8H2,1H3. The number of hydrogen-bond donors (Lipinski definition) is 2. The van der Waals surface area contributed by atoms with Gasteiger partial charge >= 0.3 is 0 Å². The lowest BCUT2D eigenvalue weighted by Gasteiger charge is -2.25. The molecule has 0 aliphatic rings. The number of unbranched alkanes of at least 4 members (excludes halogenated alkanes) is 2. The lowest BCUT2D eigenvalue weighted by Crippen LogP contribution is -2.34. The van der Waals surface area contributed by atoms with Crippen molar-refractivity contribution in [2.24, 2.45) is 0 Å². The van der Waals surface area contributed by atoms with Crippen LogP contribution in [-0.2, 0) is 10.0 Å². The van der Waals surface area contributed by atoms with Crippen LogP contribution >= 0.6 is 0 Å². The van der Waals surface area contributed by atoms with Gasteiger partial charge in [-0.3, -0.25) is 4.31 Å². The molecule has 5 nitrogen and oxygen atoms in total. The van der Waals surface area contributed by atoms with Crippen LogP contribution in [0.2, 0.25) is 0 Å². The molecule has 0 unspecified atom stereocenters. The Kier molecular flexibility index (Phi) is 7.06. The molecule has 0 saturated heterocycles. The van der Waals surface area contributed by atoms with Gasteiger partial charge < -0.3 is 10.2 Å². The Morgan fingerprint density at radius 1 is 0.897 bits per heavy atom. The highest BCUT2D eigenvalue weighted by Gasteiger charge is 2.37. The van der Waals surface area contributed by atoms with Gasteiger partial charge in [0, 0.05) is 19.2 Å². The van der Waals surface area contributed by atoms with Gasteiger partial charge in [-0.1, -0.05) is 6.07 Å². The highest BCUT2D eigenvalue weighted by Crippen LogP contribution is 2.33. The first-order valence-electron chi connectivity index (χ1n) is 8.48. The topological polar surface area (TPSA) is 77.8 Å². The Hall–Kier alpha value is -2.40. The molecule has 29 heavy (non-hydrogen) atoms. The van der Waals surface area contributed by atoms with Crippen molar-refractivity contribution in [1.82, 2.24) is 0 Å². The molecular formula is C18H18F5NO4S. The van der Waals surface area contributed by atoms with Crippen LogP contribution < -0.4 is 4.31 Å². The predicted molar refractivity (Wildman–Crippen MR) is 94.5 cm³/mol. The van der Waals surface area contributed by atoms with E-state index in [-0.39, 0.29) is 31.0 Å². The number of hydrogen-bond acceptors (Lipinski definition) is 4. The van der Waals surface area contributed by atoms with Crippen molar-refractivity contribution in [3.8, 4) is 5.75 Å². The van der Waals surface area contributed by atoms with Crippen molar-refractivity contribution < 1.29 is 40.6 Å². The van der Waals surface area contributed by atoms with Crippen LogP contribution in [0.25, 0.3) is 0 Å². The van der Waals surface area contributed by atoms with Gasteiger partial charge in [-0.05, 0) is 37.8 Å². The summed E-state index contributed by atoms with van der Waals surface area (Å²) in [6, 6.07) is 3.56. The van der Waals surface area contributed by atoms with Gasteiger partial charge in [0.1, 0.15) is 5.75 Å². The van der Waals surface area contributed by atoms with Crippen molar-refractivity contribution in [3.05, 3.63) is 52.8 Å². The SMILES string of the molecule is Cc1ccc(N(CCCCCO)S(=O)(=O)c2c(F)c(F)c(F)c(F)c2F)cc1O. The maximum atomic E-state index is 14.2. The number of halogens is 5. The van der Waals surface area contributed by atoms with Gasteiger partial charge in [0.25, 0.3) is 10.0 Å². The molecule has 0 atom stereocenters. The average Bonchev–Trinajstić information content (AvgIpc) is 2.67. The van der Waals surface area contributed by atoms with Crippen molar-refractivity contribution in [1.29, 1.82) is 0 Å². The summed E-state index contributed by atoms with van der Waals surface area (Å²) in [6.07, 6.45) is 0.761. The van der Waals surface area contributed by atoms with Gasteiger partial charge in [-0.2, -0.15) is 0 Å². The van der Waals surface area contributed by atoms with E-state index in [1.165, 1.54) is 19.1 Å². The van der Waals surface area contributed by atoms with E-state index in [1.807, 2.05) is 0 Å². The Bertz CT molecular complexity index is 985. The normalized spacial score (nSPS) is 11.7. The Morgan fingerprint density at radius 2 is 1.45 bits per heavy atom. The molecule has 0 heterocycles. The molecule has 0 aliphatic carbocycles. The third kappa shape index (κ3) is 4.45. The maximum absolute atomic E-state index is 14.2. The van der Waals surface area contributed by atoms with E-state index in [2.05, 4.69) is 0 Å². The number of nitrogens with zero attached hydrogens (tertiary/aromatic N) is 1. The molecule has 0 fully saturated rings. The minimum absolute atomic E-state index is 0.115. The molecular weight excluding hydrogens is 421 g/mol. The summed E-state index contributed by atoms with van der Waals surface area (Å²) in [5.74, 6) is -12.5. The lowest BCUT2D eigenvalue weighted by molar-refractivity contribution is 0.283. The zero-order valence-electron chi connectivity index (χ0n) is 15.2. The number of rotatable bonds is 8. The van der Waals surface area contributed by atoms with Gasteiger partial charge in [0.05, 0.1) is 5.69 Å². The number of benzene rings is 2. The van der Waals surface area contributed by atoms with Gasteiger partial charge in [-0.25, -0.2) is 30.4 Å². The summed E-state index contributed by atoms with van der Waals surface area (Å²) in [6.45, 7) is 0.962. The molecule has 0 aromatic heterocycles. The van der Waals surface area contributed by atoms with Crippen molar-refractivity contribution in [2.75, 3.05) is 17.5 Å². The number of aryl methyl sites for hydroxylation is 1. The first-order chi connectivity index (χ1) is 13.5. The molecule has 0 aliphatic heterocycles. The fraction of sp³-hybridized carbons (Fsp3) is 0.333. The maximum Gasteiger partial charge on any atom is 0.270 e. The van der Waals surface area contributed by atoms with Gasteiger partial charge in [0.2, 0.25) is 5.82 Å². The van der Waals surface area contributed by atoms with Gasteiger partial charge in [-0.15, -0.1) is 0 Å². The molecule has 0 radical (unpaired) electrons.